The van der Waals surface area contributed by atoms with Gasteiger partial charge in [0.05, 0.1) is 6.42 Å². The smallest absolute Gasteiger partial charge is 0.481 e. The van der Waals surface area contributed by atoms with Crippen LogP contribution in [0.1, 0.15) is 25.8 Å². The number of guanidine groups is 1. The lowest BCUT2D eigenvalue weighted by atomic mass is 10.0. The molecule has 9 N–H and O–H groups in total. The van der Waals surface area contributed by atoms with Crippen molar-refractivity contribution in [3.8, 4) is 0 Å². The van der Waals surface area contributed by atoms with E-state index in [1.165, 1.54) is 6.08 Å². The third kappa shape index (κ3) is 13.7. The molecule has 0 saturated carbocycles. The van der Waals surface area contributed by atoms with Gasteiger partial charge in [-0.05, 0) is 29.7 Å². The molecule has 0 heterocycles. The van der Waals surface area contributed by atoms with Gasteiger partial charge in [-0.15, -0.1) is 0 Å². The summed E-state index contributed by atoms with van der Waals surface area (Å²) in [6.07, 6.45) is -3.23. The lowest BCUT2D eigenvalue weighted by Crippen LogP contribution is -2.53. The van der Waals surface area contributed by atoms with Gasteiger partial charge in [-0.2, -0.15) is 13.2 Å². The minimum absolute atomic E-state index is 0.219. The van der Waals surface area contributed by atoms with Gasteiger partial charge in [0, 0.05) is 11.8 Å². The summed E-state index contributed by atoms with van der Waals surface area (Å²) in [5.41, 5.74) is 6.44. The van der Waals surface area contributed by atoms with Crippen molar-refractivity contribution in [2.75, 3.05) is 5.32 Å². The first-order chi connectivity index (χ1) is 16.9. The van der Waals surface area contributed by atoms with Crippen LogP contribution in [0.2, 0.25) is 0 Å². The van der Waals surface area contributed by atoms with Gasteiger partial charge in [0.15, 0.2) is 5.96 Å². The Bertz CT molecular complexity index is 1030. The second-order valence-corrected chi connectivity index (χ2v) is 7.52. The second-order valence-electron chi connectivity index (χ2n) is 7.52. The number of benzene rings is 1. The number of hydrogen-bond acceptors (Lipinski definition) is 6. The van der Waals surface area contributed by atoms with Gasteiger partial charge in [-0.25, -0.2) is 9.59 Å². The molecule has 37 heavy (non-hydrogen) atoms. The molecule has 13 nitrogen and oxygen atoms in total. The van der Waals surface area contributed by atoms with Crippen LogP contribution in [-0.4, -0.2) is 69.3 Å². The molecule has 0 unspecified atom stereocenters. The summed E-state index contributed by atoms with van der Waals surface area (Å²) in [6.45, 7) is 3.17. The molecule has 1 aromatic rings. The minimum atomic E-state index is -5.08. The van der Waals surface area contributed by atoms with Crippen LogP contribution in [-0.2, 0) is 24.0 Å². The fraction of sp³-hybridized carbons (Fsp3) is 0.333. The Morgan fingerprint density at radius 2 is 1.54 bits per heavy atom. The first kappa shape index (κ1) is 32.4. The van der Waals surface area contributed by atoms with E-state index in [1.54, 1.807) is 38.1 Å². The number of nitrogens with two attached hydrogens (primary N) is 1. The van der Waals surface area contributed by atoms with E-state index in [2.05, 4.69) is 16.0 Å². The third-order valence-corrected chi connectivity index (χ3v) is 4.10. The Morgan fingerprint density at radius 1 is 1.03 bits per heavy atom. The molecule has 2 atom stereocenters. The van der Waals surface area contributed by atoms with Crippen molar-refractivity contribution < 1.29 is 52.5 Å². The Morgan fingerprint density at radius 3 is 1.92 bits per heavy atom. The van der Waals surface area contributed by atoms with Crippen molar-refractivity contribution in [3.05, 3.63) is 35.9 Å². The SMILES string of the molecule is CC(C)[C@H](NC(=O)[C@H](CC(=O)O)NC(=O)C=Cc1ccc(NC(=N)N)cc1)C(=O)O.O=C(O)C(F)(F)F. The fourth-order valence-electron chi connectivity index (χ4n) is 2.38. The number of anilines is 1. The molecule has 0 fully saturated rings. The summed E-state index contributed by atoms with van der Waals surface area (Å²) in [6, 6.07) is 3.91. The average Bonchev–Trinajstić information content (AvgIpc) is 2.75. The summed E-state index contributed by atoms with van der Waals surface area (Å²) < 4.78 is 31.7. The fourth-order valence-corrected chi connectivity index (χ4v) is 2.38. The van der Waals surface area contributed by atoms with Gasteiger partial charge in [-0.1, -0.05) is 26.0 Å². The highest BCUT2D eigenvalue weighted by molar-refractivity contribution is 5.97. The van der Waals surface area contributed by atoms with E-state index in [0.717, 1.165) is 6.08 Å². The van der Waals surface area contributed by atoms with E-state index >= 15 is 0 Å². The zero-order valence-electron chi connectivity index (χ0n) is 19.5. The molecule has 0 aliphatic heterocycles. The average molecular weight is 533 g/mol. The van der Waals surface area contributed by atoms with E-state index in [-0.39, 0.29) is 5.96 Å². The number of rotatable bonds is 10. The molecule has 1 rings (SSSR count). The number of hydrogen-bond donors (Lipinski definition) is 8. The molecule has 0 aromatic heterocycles. The highest BCUT2D eigenvalue weighted by atomic mass is 19.4. The topological polar surface area (TPSA) is 232 Å². The Kier molecular flexibility index (Phi) is 12.9. The van der Waals surface area contributed by atoms with Gasteiger partial charge in [0.1, 0.15) is 12.1 Å². The van der Waals surface area contributed by atoms with Crippen molar-refractivity contribution in [1.82, 2.24) is 10.6 Å². The molecule has 204 valence electrons. The highest BCUT2D eigenvalue weighted by Crippen LogP contribution is 2.13. The van der Waals surface area contributed by atoms with E-state index < -0.39 is 60.3 Å². The molecule has 2 amide bonds. The largest absolute Gasteiger partial charge is 0.490 e. The Balaban J connectivity index is 0.00000161. The van der Waals surface area contributed by atoms with Crippen molar-refractivity contribution in [1.29, 1.82) is 5.41 Å². The molecule has 16 heteroatoms. The van der Waals surface area contributed by atoms with E-state index in [1.807, 2.05) is 0 Å². The maximum Gasteiger partial charge on any atom is 0.490 e. The summed E-state index contributed by atoms with van der Waals surface area (Å²) >= 11 is 0. The minimum Gasteiger partial charge on any atom is -0.481 e. The molecule has 0 aliphatic carbocycles. The molecule has 0 aliphatic rings. The summed E-state index contributed by atoms with van der Waals surface area (Å²) in [5, 5.41) is 39.6. The molecular weight excluding hydrogens is 507 g/mol. The number of aliphatic carboxylic acids is 3. The predicted molar refractivity (Wildman–Crippen MR) is 123 cm³/mol. The highest BCUT2D eigenvalue weighted by Gasteiger charge is 2.38. The molecule has 0 spiro atoms. The van der Waals surface area contributed by atoms with Crippen molar-refractivity contribution in [3.63, 3.8) is 0 Å². The third-order valence-electron chi connectivity index (χ3n) is 4.10. The van der Waals surface area contributed by atoms with Crippen LogP contribution >= 0.6 is 0 Å². The zero-order valence-corrected chi connectivity index (χ0v) is 19.5. The van der Waals surface area contributed by atoms with Crippen LogP contribution in [0.3, 0.4) is 0 Å². The molecular formula is C21H26F3N5O8. The number of carbonyl (C=O) groups is 5. The van der Waals surface area contributed by atoms with Crippen LogP contribution in [0.15, 0.2) is 30.3 Å². The van der Waals surface area contributed by atoms with Gasteiger partial charge in [0.25, 0.3) is 0 Å². The van der Waals surface area contributed by atoms with Crippen LogP contribution in [0.4, 0.5) is 18.9 Å². The number of carboxylic acid groups (broad SMARTS) is 3. The Hall–Kier alpha value is -4.63. The number of nitrogens with one attached hydrogen (secondary N) is 4. The van der Waals surface area contributed by atoms with Crippen LogP contribution in [0, 0.1) is 11.3 Å². The Labute approximate surface area is 208 Å². The quantitative estimate of drug-likeness (QED) is 0.120. The van der Waals surface area contributed by atoms with E-state index in [4.69, 9.17) is 31.3 Å². The lowest BCUT2D eigenvalue weighted by Gasteiger charge is -2.22. The van der Waals surface area contributed by atoms with Crippen LogP contribution in [0.25, 0.3) is 6.08 Å². The summed E-state index contributed by atoms with van der Waals surface area (Å²) in [4.78, 5) is 55.6. The number of halogens is 3. The van der Waals surface area contributed by atoms with Crippen molar-refractivity contribution >= 4 is 47.4 Å². The maximum absolute atomic E-state index is 12.3. The number of carbonyl (C=O) groups excluding carboxylic acids is 2. The molecule has 0 saturated heterocycles. The number of carboxylic acids is 3. The first-order valence-corrected chi connectivity index (χ1v) is 10.2. The second kappa shape index (κ2) is 14.7. The van der Waals surface area contributed by atoms with Crippen LogP contribution in [0.5, 0.6) is 0 Å². The van der Waals surface area contributed by atoms with Gasteiger partial charge < -0.3 is 37.0 Å². The number of amides is 2. The first-order valence-electron chi connectivity index (χ1n) is 10.2. The summed E-state index contributed by atoms with van der Waals surface area (Å²) in [7, 11) is 0. The maximum atomic E-state index is 12.3. The van der Waals surface area contributed by atoms with Gasteiger partial charge >= 0.3 is 24.1 Å². The zero-order chi connectivity index (χ0) is 28.9. The normalized spacial score (nSPS) is 12.5. The van der Waals surface area contributed by atoms with Gasteiger partial charge in [0.2, 0.25) is 11.8 Å². The van der Waals surface area contributed by atoms with Crippen molar-refractivity contribution in [2.45, 2.75) is 38.5 Å². The summed E-state index contributed by atoms with van der Waals surface area (Å²) in [5.74, 6) is -7.63. The van der Waals surface area contributed by atoms with E-state index in [0.29, 0.717) is 11.3 Å². The molecule has 0 radical (unpaired) electrons. The van der Waals surface area contributed by atoms with Crippen LogP contribution < -0.4 is 21.7 Å². The van der Waals surface area contributed by atoms with E-state index in [9.17, 15) is 32.3 Å². The predicted octanol–water partition coefficient (Wildman–Crippen LogP) is 0.823. The van der Waals surface area contributed by atoms with Crippen molar-refractivity contribution in [2.24, 2.45) is 11.7 Å². The monoisotopic (exact) mass is 533 g/mol. The molecule has 1 aromatic carbocycles. The van der Waals surface area contributed by atoms with Gasteiger partial charge in [-0.3, -0.25) is 19.8 Å². The lowest BCUT2D eigenvalue weighted by molar-refractivity contribution is -0.192. The standard InChI is InChI=1S/C19H25N5O6.C2HF3O2/c1-10(2)16(18(29)30)24-17(28)13(9-15(26)27)23-14(25)8-5-11-3-6-12(7-4-11)22-19(20)21;3-2(4,5)1(6)7/h3-8,10,13,16H,9H2,1-2H3,(H,23,25)(H,24,28)(H,26,27)(H,29,30)(H4,20,21,22);(H,6,7)/t13-,16-;/m0./s1. The molecule has 0 bridgehead atoms. The number of alkyl halides is 3.